The molecule has 0 saturated heterocycles. The Bertz CT molecular complexity index is 428. The highest BCUT2D eigenvalue weighted by molar-refractivity contribution is 5.89. The number of hydrogen-bond acceptors (Lipinski definition) is 4. The quantitative estimate of drug-likeness (QED) is 0.819. The van der Waals surface area contributed by atoms with Gasteiger partial charge in [-0.25, -0.2) is 9.97 Å². The topological polar surface area (TPSA) is 78.7 Å². The standard InChI is InChI=1S/C11H14N4O/c1-11(2,3)6-9(16)15-10-13-5-4-8(7-12)14-10/h4-5H,6H2,1-3H3,(H,13,14,15,16). The van der Waals surface area contributed by atoms with Crippen LogP contribution >= 0.6 is 0 Å². The third kappa shape index (κ3) is 4.05. The largest absolute Gasteiger partial charge is 0.294 e. The molecule has 1 aromatic rings. The molecular weight excluding hydrogens is 204 g/mol. The first-order valence-electron chi connectivity index (χ1n) is 4.94. The highest BCUT2D eigenvalue weighted by atomic mass is 16.1. The summed E-state index contributed by atoms with van der Waals surface area (Å²) in [6, 6.07) is 3.37. The lowest BCUT2D eigenvalue weighted by Gasteiger charge is -2.16. The molecule has 0 fully saturated rings. The van der Waals surface area contributed by atoms with E-state index in [4.69, 9.17) is 5.26 Å². The number of anilines is 1. The fourth-order valence-corrected chi connectivity index (χ4v) is 1.13. The second kappa shape index (κ2) is 4.71. The van der Waals surface area contributed by atoms with E-state index in [1.807, 2.05) is 26.8 Å². The molecule has 1 aromatic heterocycles. The van der Waals surface area contributed by atoms with Crippen molar-refractivity contribution in [2.75, 3.05) is 5.32 Å². The van der Waals surface area contributed by atoms with E-state index < -0.39 is 0 Å². The molecule has 1 heterocycles. The zero-order valence-electron chi connectivity index (χ0n) is 9.61. The Labute approximate surface area is 94.5 Å². The zero-order valence-corrected chi connectivity index (χ0v) is 9.61. The lowest BCUT2D eigenvalue weighted by Crippen LogP contribution is -2.20. The van der Waals surface area contributed by atoms with Gasteiger partial charge < -0.3 is 0 Å². The van der Waals surface area contributed by atoms with Crippen molar-refractivity contribution in [2.45, 2.75) is 27.2 Å². The molecule has 0 bridgehead atoms. The van der Waals surface area contributed by atoms with Gasteiger partial charge >= 0.3 is 0 Å². The molecular formula is C11H14N4O. The molecule has 1 N–H and O–H groups in total. The molecule has 0 saturated carbocycles. The Balaban J connectivity index is 2.67. The summed E-state index contributed by atoms with van der Waals surface area (Å²) in [5.41, 5.74) is 0.151. The average molecular weight is 218 g/mol. The van der Waals surface area contributed by atoms with E-state index in [9.17, 15) is 4.79 Å². The van der Waals surface area contributed by atoms with Crippen molar-refractivity contribution in [3.05, 3.63) is 18.0 Å². The maximum atomic E-state index is 11.6. The highest BCUT2D eigenvalue weighted by Crippen LogP contribution is 2.18. The third-order valence-corrected chi connectivity index (χ3v) is 1.71. The zero-order chi connectivity index (χ0) is 12.2. The molecule has 0 radical (unpaired) electrons. The predicted octanol–water partition coefficient (Wildman–Crippen LogP) is 1.72. The Hall–Kier alpha value is -1.96. The van der Waals surface area contributed by atoms with Crippen LogP contribution < -0.4 is 5.32 Å². The first-order valence-corrected chi connectivity index (χ1v) is 4.94. The predicted molar refractivity (Wildman–Crippen MR) is 59.4 cm³/mol. The number of nitriles is 1. The fraction of sp³-hybridized carbons (Fsp3) is 0.455. The van der Waals surface area contributed by atoms with Crippen molar-refractivity contribution in [3.8, 4) is 6.07 Å². The van der Waals surface area contributed by atoms with Gasteiger partial charge in [-0.1, -0.05) is 20.8 Å². The van der Waals surface area contributed by atoms with Gasteiger partial charge in [0.1, 0.15) is 11.8 Å². The van der Waals surface area contributed by atoms with E-state index in [-0.39, 0.29) is 23.0 Å². The summed E-state index contributed by atoms with van der Waals surface area (Å²) in [4.78, 5) is 19.3. The van der Waals surface area contributed by atoms with Gasteiger partial charge in [0.2, 0.25) is 11.9 Å². The van der Waals surface area contributed by atoms with Crippen molar-refractivity contribution >= 4 is 11.9 Å². The number of amides is 1. The van der Waals surface area contributed by atoms with E-state index in [1.54, 1.807) is 0 Å². The Morgan fingerprint density at radius 3 is 2.81 bits per heavy atom. The molecule has 0 aliphatic carbocycles. The van der Waals surface area contributed by atoms with Gasteiger partial charge in [0, 0.05) is 12.6 Å². The van der Waals surface area contributed by atoms with Crippen LogP contribution in [0.3, 0.4) is 0 Å². The van der Waals surface area contributed by atoms with Crippen LogP contribution in [-0.4, -0.2) is 15.9 Å². The number of carbonyl (C=O) groups excluding carboxylic acids is 1. The van der Waals surface area contributed by atoms with Crippen LogP contribution in [0.15, 0.2) is 12.3 Å². The van der Waals surface area contributed by atoms with Gasteiger partial charge in [-0.3, -0.25) is 10.1 Å². The number of aromatic nitrogens is 2. The summed E-state index contributed by atoms with van der Waals surface area (Å²) in [7, 11) is 0. The van der Waals surface area contributed by atoms with E-state index in [0.717, 1.165) is 0 Å². The van der Waals surface area contributed by atoms with Crippen molar-refractivity contribution in [3.63, 3.8) is 0 Å². The normalized spacial score (nSPS) is 10.6. The third-order valence-electron chi connectivity index (χ3n) is 1.71. The molecule has 0 atom stereocenters. The van der Waals surface area contributed by atoms with Gasteiger partial charge in [-0.05, 0) is 11.5 Å². The molecule has 5 nitrogen and oxygen atoms in total. The molecule has 5 heteroatoms. The lowest BCUT2D eigenvalue weighted by molar-refractivity contribution is -0.117. The Morgan fingerprint density at radius 2 is 2.25 bits per heavy atom. The molecule has 1 rings (SSSR count). The molecule has 84 valence electrons. The monoisotopic (exact) mass is 218 g/mol. The van der Waals surface area contributed by atoms with Crippen LogP contribution in [-0.2, 0) is 4.79 Å². The number of rotatable bonds is 2. The highest BCUT2D eigenvalue weighted by Gasteiger charge is 2.16. The SMILES string of the molecule is CC(C)(C)CC(=O)Nc1nccc(C#N)n1. The summed E-state index contributed by atoms with van der Waals surface area (Å²) in [5, 5.41) is 11.2. The molecule has 0 aliphatic rings. The minimum atomic E-state index is -0.150. The molecule has 0 aliphatic heterocycles. The number of carbonyl (C=O) groups is 1. The van der Waals surface area contributed by atoms with Gasteiger partial charge in [-0.15, -0.1) is 0 Å². The van der Waals surface area contributed by atoms with Gasteiger partial charge in [-0.2, -0.15) is 5.26 Å². The van der Waals surface area contributed by atoms with Crippen molar-refractivity contribution in [1.82, 2.24) is 9.97 Å². The van der Waals surface area contributed by atoms with Crippen molar-refractivity contribution in [2.24, 2.45) is 5.41 Å². The summed E-state index contributed by atoms with van der Waals surface area (Å²) in [6.07, 6.45) is 1.82. The maximum absolute atomic E-state index is 11.6. The van der Waals surface area contributed by atoms with Crippen LogP contribution in [0.4, 0.5) is 5.95 Å². The minimum Gasteiger partial charge on any atom is -0.294 e. The fourth-order valence-electron chi connectivity index (χ4n) is 1.13. The van der Waals surface area contributed by atoms with Crippen molar-refractivity contribution < 1.29 is 4.79 Å². The molecule has 16 heavy (non-hydrogen) atoms. The molecule has 0 spiro atoms. The summed E-state index contributed by atoms with van der Waals surface area (Å²) >= 11 is 0. The van der Waals surface area contributed by atoms with Crippen LogP contribution in [0.5, 0.6) is 0 Å². The van der Waals surface area contributed by atoms with E-state index in [2.05, 4.69) is 15.3 Å². The first-order chi connectivity index (χ1) is 7.40. The summed E-state index contributed by atoms with van der Waals surface area (Å²) in [5.74, 6) is 0.0240. The number of nitrogens with one attached hydrogen (secondary N) is 1. The van der Waals surface area contributed by atoms with E-state index in [0.29, 0.717) is 6.42 Å². The van der Waals surface area contributed by atoms with Gasteiger partial charge in [0.15, 0.2) is 0 Å². The van der Waals surface area contributed by atoms with Crippen LogP contribution in [0.2, 0.25) is 0 Å². The van der Waals surface area contributed by atoms with Gasteiger partial charge in [0.05, 0.1) is 0 Å². The number of hydrogen-bond donors (Lipinski definition) is 1. The van der Waals surface area contributed by atoms with Crippen molar-refractivity contribution in [1.29, 1.82) is 5.26 Å². The summed E-state index contributed by atoms with van der Waals surface area (Å²) in [6.45, 7) is 5.91. The van der Waals surface area contributed by atoms with Crippen LogP contribution in [0.25, 0.3) is 0 Å². The minimum absolute atomic E-state index is 0.0864. The summed E-state index contributed by atoms with van der Waals surface area (Å²) < 4.78 is 0. The van der Waals surface area contributed by atoms with Crippen LogP contribution in [0.1, 0.15) is 32.9 Å². The van der Waals surface area contributed by atoms with Crippen LogP contribution in [0, 0.1) is 16.7 Å². The van der Waals surface area contributed by atoms with E-state index >= 15 is 0 Å². The smallest absolute Gasteiger partial charge is 0.230 e. The molecule has 0 aromatic carbocycles. The number of nitrogens with zero attached hydrogens (tertiary/aromatic N) is 3. The lowest BCUT2D eigenvalue weighted by atomic mass is 9.92. The molecule has 0 unspecified atom stereocenters. The Morgan fingerprint density at radius 1 is 1.56 bits per heavy atom. The average Bonchev–Trinajstić information content (AvgIpc) is 2.15. The Kier molecular flexibility index (Phi) is 3.56. The second-order valence-corrected chi connectivity index (χ2v) is 4.66. The van der Waals surface area contributed by atoms with E-state index in [1.165, 1.54) is 12.3 Å². The molecule has 1 amide bonds. The van der Waals surface area contributed by atoms with Gasteiger partial charge in [0.25, 0.3) is 0 Å². The first kappa shape index (κ1) is 12.1. The second-order valence-electron chi connectivity index (χ2n) is 4.66. The maximum Gasteiger partial charge on any atom is 0.230 e.